The molecule has 0 saturated heterocycles. The van der Waals surface area contributed by atoms with Gasteiger partial charge in [0.2, 0.25) is 21.8 Å². The lowest BCUT2D eigenvalue weighted by Gasteiger charge is -2.33. The van der Waals surface area contributed by atoms with Crippen molar-refractivity contribution in [3.05, 3.63) is 71.2 Å². The average molecular weight is 652 g/mol. The van der Waals surface area contributed by atoms with Crippen molar-refractivity contribution < 1.29 is 32.4 Å². The molecular formula is C33H41N5O7S. The van der Waals surface area contributed by atoms with Crippen LogP contribution in [0.2, 0.25) is 0 Å². The summed E-state index contributed by atoms with van der Waals surface area (Å²) in [5.74, 6) is -0.124. The quantitative estimate of drug-likeness (QED) is 0.280. The smallest absolute Gasteiger partial charge is 0.248 e. The Hall–Kier alpha value is -4.20. The minimum absolute atomic E-state index is 0.0145. The van der Waals surface area contributed by atoms with Gasteiger partial charge in [0.25, 0.3) is 0 Å². The van der Waals surface area contributed by atoms with Crippen LogP contribution in [0, 0.1) is 19.8 Å². The molecule has 46 heavy (non-hydrogen) atoms. The molecule has 2 aromatic carbocycles. The number of amides is 2. The Morgan fingerprint density at radius 1 is 1.22 bits per heavy atom. The molecule has 0 bridgehead atoms. The molecule has 0 aliphatic carbocycles. The molecule has 2 N–H and O–H groups in total. The number of nitrogens with zero attached hydrogens (tertiary/aromatic N) is 4. The van der Waals surface area contributed by atoms with Crippen LogP contribution in [0.4, 0.5) is 5.69 Å². The van der Waals surface area contributed by atoms with E-state index >= 15 is 0 Å². The Bertz CT molecular complexity index is 1850. The number of ether oxygens (including phenoxy) is 1. The highest BCUT2D eigenvalue weighted by molar-refractivity contribution is 7.89. The highest BCUT2D eigenvalue weighted by Gasteiger charge is 2.35. The molecule has 0 spiro atoms. The van der Waals surface area contributed by atoms with E-state index in [1.165, 1.54) is 11.4 Å². The minimum Gasteiger partial charge on any atom is -0.488 e. The summed E-state index contributed by atoms with van der Waals surface area (Å²) in [4.78, 5) is 28.4. The van der Waals surface area contributed by atoms with Gasteiger partial charge in [-0.1, -0.05) is 30.3 Å². The molecule has 0 saturated carbocycles. The number of aliphatic hydroxyl groups excluding tert-OH is 1. The first kappa shape index (κ1) is 33.2. The van der Waals surface area contributed by atoms with Crippen LogP contribution in [0.15, 0.2) is 58.1 Å². The molecule has 4 aromatic rings. The van der Waals surface area contributed by atoms with Gasteiger partial charge in [-0.3, -0.25) is 9.59 Å². The van der Waals surface area contributed by atoms with Crippen molar-refractivity contribution in [2.45, 2.75) is 57.6 Å². The summed E-state index contributed by atoms with van der Waals surface area (Å²) >= 11 is 0. The third-order valence-corrected chi connectivity index (χ3v) is 10.7. The van der Waals surface area contributed by atoms with Crippen LogP contribution in [-0.2, 0) is 39.5 Å². The second-order valence-corrected chi connectivity index (χ2v) is 14.1. The van der Waals surface area contributed by atoms with E-state index in [1.54, 1.807) is 43.9 Å². The number of aliphatic hydroxyl groups is 1. The maximum atomic E-state index is 13.6. The lowest BCUT2D eigenvalue weighted by molar-refractivity contribution is -0.134. The zero-order chi connectivity index (χ0) is 33.3. The second-order valence-electron chi connectivity index (χ2n) is 12.2. The first-order valence-corrected chi connectivity index (χ1v) is 16.7. The van der Waals surface area contributed by atoms with Crippen LogP contribution >= 0.6 is 0 Å². The molecular weight excluding hydrogens is 610 g/mol. The topological polar surface area (TPSA) is 147 Å². The molecule has 12 nitrogen and oxygen atoms in total. The molecule has 246 valence electrons. The maximum absolute atomic E-state index is 13.6. The number of hydrogen-bond acceptors (Lipinski definition) is 8. The zero-order valence-corrected chi connectivity index (χ0v) is 27.8. The number of nitrogens with one attached hydrogen (secondary N) is 1. The minimum atomic E-state index is -3.96. The largest absolute Gasteiger partial charge is 0.488 e. The molecule has 3 atom stereocenters. The van der Waals surface area contributed by atoms with Gasteiger partial charge in [-0.25, -0.2) is 8.42 Å². The number of aryl methyl sites for hydroxylation is 3. The van der Waals surface area contributed by atoms with Crippen molar-refractivity contribution in [3.8, 4) is 5.75 Å². The van der Waals surface area contributed by atoms with Crippen LogP contribution < -0.4 is 10.1 Å². The van der Waals surface area contributed by atoms with Gasteiger partial charge < -0.3 is 29.2 Å². The average Bonchev–Trinajstić information content (AvgIpc) is 3.53. The molecule has 0 radical (unpaired) electrons. The molecule has 3 heterocycles. The van der Waals surface area contributed by atoms with Crippen molar-refractivity contribution in [3.63, 3.8) is 0 Å². The fraction of sp³-hybridized carbons (Fsp3) is 0.424. The van der Waals surface area contributed by atoms with Gasteiger partial charge >= 0.3 is 0 Å². The van der Waals surface area contributed by atoms with Crippen LogP contribution in [0.3, 0.4) is 0 Å². The first-order chi connectivity index (χ1) is 21.8. The van der Waals surface area contributed by atoms with Gasteiger partial charge in [0, 0.05) is 54.9 Å². The van der Waals surface area contributed by atoms with E-state index in [0.29, 0.717) is 17.0 Å². The lowest BCUT2D eigenvalue weighted by atomic mass is 10.0. The predicted molar refractivity (Wildman–Crippen MR) is 173 cm³/mol. The van der Waals surface area contributed by atoms with Crippen molar-refractivity contribution in [2.75, 3.05) is 32.1 Å². The number of anilines is 1. The van der Waals surface area contributed by atoms with E-state index in [0.717, 1.165) is 16.5 Å². The Morgan fingerprint density at radius 2 is 1.96 bits per heavy atom. The normalized spacial score (nSPS) is 18.1. The van der Waals surface area contributed by atoms with Crippen LogP contribution in [-0.4, -0.2) is 83.2 Å². The molecule has 2 amide bonds. The Balaban J connectivity index is 1.42. The molecule has 2 aromatic heterocycles. The monoisotopic (exact) mass is 651 g/mol. The number of aromatic nitrogens is 2. The lowest BCUT2D eigenvalue weighted by Crippen LogP contribution is -2.48. The summed E-state index contributed by atoms with van der Waals surface area (Å²) in [6.45, 7) is 6.76. The van der Waals surface area contributed by atoms with E-state index in [-0.39, 0.29) is 66.6 Å². The van der Waals surface area contributed by atoms with E-state index in [1.807, 2.05) is 49.0 Å². The van der Waals surface area contributed by atoms with Gasteiger partial charge in [-0.15, -0.1) is 0 Å². The van der Waals surface area contributed by atoms with Gasteiger partial charge in [-0.05, 0) is 50.6 Å². The SMILES string of the molecule is Cc1noc(C)c1S(=O)(=O)N(C)C[C@H]1Oc2ccc(NC(=O)Cc3cn(C)c4ccccc34)cc2CC(=O)N([C@@H](C)CO)C[C@@H]1C. The molecule has 0 unspecified atom stereocenters. The number of carbonyl (C=O) groups excluding carboxylic acids is 2. The van der Waals surface area contributed by atoms with Gasteiger partial charge in [0.15, 0.2) is 5.76 Å². The van der Waals surface area contributed by atoms with Crippen molar-refractivity contribution in [1.29, 1.82) is 0 Å². The Kier molecular flexibility index (Phi) is 9.57. The number of hydrogen-bond donors (Lipinski definition) is 2. The molecule has 1 aliphatic heterocycles. The van der Waals surface area contributed by atoms with Crippen LogP contribution in [0.5, 0.6) is 5.75 Å². The fourth-order valence-electron chi connectivity index (χ4n) is 6.02. The third kappa shape index (κ3) is 6.67. The third-order valence-electron chi connectivity index (χ3n) is 8.60. The number of benzene rings is 2. The number of para-hydroxylation sites is 1. The highest BCUT2D eigenvalue weighted by atomic mass is 32.2. The maximum Gasteiger partial charge on any atom is 0.248 e. The van der Waals surface area contributed by atoms with E-state index in [2.05, 4.69) is 10.5 Å². The molecule has 13 heteroatoms. The fourth-order valence-corrected chi connectivity index (χ4v) is 7.49. The number of sulfonamides is 1. The van der Waals surface area contributed by atoms with E-state index in [4.69, 9.17) is 9.26 Å². The van der Waals surface area contributed by atoms with Gasteiger partial charge in [0.05, 0.1) is 32.0 Å². The number of fused-ring (bicyclic) bond motifs is 2. The molecule has 0 fully saturated rings. The second kappa shape index (κ2) is 13.3. The summed E-state index contributed by atoms with van der Waals surface area (Å²) in [5.41, 5.74) is 3.25. The highest BCUT2D eigenvalue weighted by Crippen LogP contribution is 2.31. The molecule has 1 aliphatic rings. The Labute approximate surface area is 269 Å². The van der Waals surface area contributed by atoms with Gasteiger partial charge in [-0.2, -0.15) is 4.31 Å². The molecule has 5 rings (SSSR count). The first-order valence-electron chi connectivity index (χ1n) is 15.2. The number of rotatable bonds is 9. The van der Waals surface area contributed by atoms with Crippen molar-refractivity contribution >= 4 is 38.4 Å². The predicted octanol–water partition coefficient (Wildman–Crippen LogP) is 3.43. The number of carbonyl (C=O) groups is 2. The van der Waals surface area contributed by atoms with Gasteiger partial charge in [0.1, 0.15) is 22.4 Å². The summed E-state index contributed by atoms with van der Waals surface area (Å²) < 4.78 is 41.9. The van der Waals surface area contributed by atoms with E-state index < -0.39 is 22.2 Å². The van der Waals surface area contributed by atoms with Crippen molar-refractivity contribution in [1.82, 2.24) is 18.9 Å². The van der Waals surface area contributed by atoms with Crippen LogP contribution in [0.1, 0.15) is 36.4 Å². The summed E-state index contributed by atoms with van der Waals surface area (Å²) in [6.07, 6.45) is 1.42. The Morgan fingerprint density at radius 3 is 2.65 bits per heavy atom. The van der Waals surface area contributed by atoms with E-state index in [9.17, 15) is 23.1 Å². The summed E-state index contributed by atoms with van der Waals surface area (Å²) in [7, 11) is -0.551. The standard InChI is InChI=1S/C33H41N5O7S/c1-20-16-38(21(2)19-39)32(41)15-24-13-26(34-31(40)14-25-17-36(5)28-10-8-7-9-27(25)28)11-12-29(24)44-30(20)18-37(6)46(42,43)33-22(3)35-45-23(33)4/h7-13,17,20-21,30,39H,14-16,18-19H2,1-6H3,(H,34,40)/t20-,21-,30+/m0/s1. The number of likely N-dealkylation sites (N-methyl/N-ethyl adjacent to an activating group) is 1. The summed E-state index contributed by atoms with van der Waals surface area (Å²) in [6, 6.07) is 12.5. The summed E-state index contributed by atoms with van der Waals surface area (Å²) in [5, 5.41) is 17.7. The van der Waals surface area contributed by atoms with Crippen molar-refractivity contribution in [2.24, 2.45) is 13.0 Å². The zero-order valence-electron chi connectivity index (χ0n) is 27.0. The van der Waals surface area contributed by atoms with Crippen LogP contribution in [0.25, 0.3) is 10.9 Å².